The number of aryl methyl sites for hydroxylation is 2. The molecule has 0 aliphatic rings. The molecule has 140 valence electrons. The molecule has 0 spiro atoms. The Morgan fingerprint density at radius 1 is 1.11 bits per heavy atom. The molecule has 7 heteroatoms. The molecule has 4 aromatic rings. The maximum atomic E-state index is 12.9. The summed E-state index contributed by atoms with van der Waals surface area (Å²) in [6, 6.07) is 13.9. The second-order valence-corrected chi connectivity index (χ2v) is 6.82. The first kappa shape index (κ1) is 18.0. The van der Waals surface area contributed by atoms with Crippen molar-refractivity contribution in [2.24, 2.45) is 0 Å². The van der Waals surface area contributed by atoms with Gasteiger partial charge >= 0.3 is 0 Å². The summed E-state index contributed by atoms with van der Waals surface area (Å²) in [5.41, 5.74) is 1.47. The smallest absolute Gasteiger partial charge is 0.264 e. The van der Waals surface area contributed by atoms with Gasteiger partial charge in [-0.1, -0.05) is 35.0 Å². The van der Waals surface area contributed by atoms with Gasteiger partial charge in [0.05, 0.1) is 10.6 Å². The van der Waals surface area contributed by atoms with Crippen molar-refractivity contribution in [3.05, 3.63) is 87.0 Å². The van der Waals surface area contributed by atoms with Crippen molar-refractivity contribution >= 4 is 34.0 Å². The van der Waals surface area contributed by atoms with Crippen molar-refractivity contribution in [2.75, 3.05) is 5.32 Å². The van der Waals surface area contributed by atoms with Crippen LogP contribution in [0.25, 0.3) is 16.6 Å². The van der Waals surface area contributed by atoms with Crippen LogP contribution in [0.4, 0.5) is 5.69 Å². The fraction of sp³-hybridized carbons (Fsp3) is 0.0952. The minimum atomic E-state index is -0.336. The van der Waals surface area contributed by atoms with Gasteiger partial charge in [-0.05, 0) is 43.7 Å². The molecule has 0 saturated heterocycles. The van der Waals surface area contributed by atoms with Gasteiger partial charge in [-0.3, -0.25) is 14.2 Å². The fourth-order valence-electron chi connectivity index (χ4n) is 3.05. The van der Waals surface area contributed by atoms with Gasteiger partial charge < -0.3 is 9.84 Å². The molecule has 6 nitrogen and oxygen atoms in total. The van der Waals surface area contributed by atoms with Crippen LogP contribution >= 0.6 is 11.6 Å². The van der Waals surface area contributed by atoms with Crippen LogP contribution in [0.1, 0.15) is 21.7 Å². The number of hydrogen-bond acceptors (Lipinski definition) is 4. The van der Waals surface area contributed by atoms with E-state index in [4.69, 9.17) is 16.1 Å². The van der Waals surface area contributed by atoms with Gasteiger partial charge in [-0.15, -0.1) is 0 Å². The number of anilines is 1. The zero-order valence-corrected chi connectivity index (χ0v) is 15.9. The lowest BCUT2D eigenvalue weighted by molar-refractivity contribution is 0.102. The van der Waals surface area contributed by atoms with Crippen molar-refractivity contribution in [1.29, 1.82) is 0 Å². The van der Waals surface area contributed by atoms with E-state index < -0.39 is 0 Å². The topological polar surface area (TPSA) is 77.1 Å². The van der Waals surface area contributed by atoms with Crippen LogP contribution in [0, 0.1) is 13.8 Å². The van der Waals surface area contributed by atoms with Gasteiger partial charge in [0.15, 0.2) is 5.82 Å². The van der Waals surface area contributed by atoms with E-state index in [2.05, 4.69) is 10.5 Å². The SMILES string of the molecule is Cc1cc(-n2ccc3c(NC(=O)c4cccc(C)c4Cl)cccc3c2=O)no1. The number of amides is 1. The first-order valence-corrected chi connectivity index (χ1v) is 8.98. The Balaban J connectivity index is 1.77. The number of rotatable bonds is 3. The lowest BCUT2D eigenvalue weighted by Crippen LogP contribution is -2.19. The lowest BCUT2D eigenvalue weighted by atomic mass is 10.1. The standard InChI is InChI=1S/C21H16ClN3O3/c1-12-5-3-7-16(19(12)22)20(26)23-17-8-4-6-15-14(17)9-10-25(21(15)27)18-11-13(2)28-24-18/h3-11H,1-2H3,(H,23,26). The lowest BCUT2D eigenvalue weighted by Gasteiger charge is -2.11. The first-order valence-electron chi connectivity index (χ1n) is 8.60. The quantitative estimate of drug-likeness (QED) is 0.556. The van der Waals surface area contributed by atoms with E-state index in [1.807, 2.05) is 13.0 Å². The summed E-state index contributed by atoms with van der Waals surface area (Å²) in [5.74, 6) is 0.681. The van der Waals surface area contributed by atoms with Crippen molar-refractivity contribution in [2.45, 2.75) is 13.8 Å². The van der Waals surface area contributed by atoms with Crippen LogP contribution in [0.5, 0.6) is 0 Å². The number of nitrogens with zero attached hydrogens (tertiary/aromatic N) is 2. The maximum absolute atomic E-state index is 12.9. The highest BCUT2D eigenvalue weighted by Crippen LogP contribution is 2.25. The van der Waals surface area contributed by atoms with Gasteiger partial charge in [0, 0.05) is 28.7 Å². The molecule has 0 radical (unpaired) electrons. The molecule has 2 aromatic heterocycles. The minimum absolute atomic E-state index is 0.254. The third-order valence-electron chi connectivity index (χ3n) is 4.49. The molecule has 1 N–H and O–H groups in total. The van der Waals surface area contributed by atoms with E-state index in [9.17, 15) is 9.59 Å². The summed E-state index contributed by atoms with van der Waals surface area (Å²) in [6.45, 7) is 3.59. The van der Waals surface area contributed by atoms with Crippen LogP contribution < -0.4 is 10.9 Å². The predicted molar refractivity (Wildman–Crippen MR) is 108 cm³/mol. The zero-order chi connectivity index (χ0) is 19.8. The average molecular weight is 394 g/mol. The Bertz CT molecular complexity index is 1270. The molecule has 4 rings (SSSR count). The Labute approximate surface area is 165 Å². The zero-order valence-electron chi connectivity index (χ0n) is 15.2. The summed E-state index contributed by atoms with van der Waals surface area (Å²) in [4.78, 5) is 25.6. The number of fused-ring (bicyclic) bond motifs is 1. The number of aromatic nitrogens is 2. The summed E-state index contributed by atoms with van der Waals surface area (Å²) >= 11 is 6.26. The molecule has 0 bridgehead atoms. The molecule has 0 unspecified atom stereocenters. The van der Waals surface area contributed by atoms with Gasteiger partial charge in [-0.2, -0.15) is 0 Å². The molecule has 1 amide bonds. The highest BCUT2D eigenvalue weighted by Gasteiger charge is 2.15. The van der Waals surface area contributed by atoms with E-state index in [1.165, 1.54) is 4.57 Å². The normalized spacial score (nSPS) is 11.0. The van der Waals surface area contributed by atoms with Gasteiger partial charge in [0.2, 0.25) is 0 Å². The van der Waals surface area contributed by atoms with Crippen molar-refractivity contribution < 1.29 is 9.32 Å². The van der Waals surface area contributed by atoms with Crippen molar-refractivity contribution in [3.63, 3.8) is 0 Å². The number of hydrogen-bond donors (Lipinski definition) is 1. The number of carbonyl (C=O) groups is 1. The van der Waals surface area contributed by atoms with Crippen molar-refractivity contribution in [1.82, 2.24) is 9.72 Å². The maximum Gasteiger partial charge on any atom is 0.264 e. The molecule has 0 aliphatic carbocycles. The molecule has 0 aliphatic heterocycles. The largest absolute Gasteiger partial charge is 0.360 e. The number of pyridine rings is 1. The second-order valence-electron chi connectivity index (χ2n) is 6.44. The molecule has 0 atom stereocenters. The predicted octanol–water partition coefficient (Wildman–Crippen LogP) is 4.50. The second kappa shape index (κ2) is 6.98. The summed E-state index contributed by atoms with van der Waals surface area (Å²) in [6.07, 6.45) is 1.61. The molecule has 28 heavy (non-hydrogen) atoms. The molecule has 2 aromatic carbocycles. The number of benzene rings is 2. The number of halogens is 1. The number of carbonyl (C=O) groups excluding carboxylic acids is 1. The Hall–Kier alpha value is -3.38. The molecular weight excluding hydrogens is 378 g/mol. The first-order chi connectivity index (χ1) is 13.5. The van der Waals surface area contributed by atoms with E-state index >= 15 is 0 Å². The van der Waals surface area contributed by atoms with Crippen LogP contribution in [-0.2, 0) is 0 Å². The van der Waals surface area contributed by atoms with Gasteiger partial charge in [0.1, 0.15) is 5.76 Å². The third kappa shape index (κ3) is 3.08. The van der Waals surface area contributed by atoms with E-state index in [0.717, 1.165) is 5.56 Å². The molecular formula is C21H16ClN3O3. The summed E-state index contributed by atoms with van der Waals surface area (Å²) in [5, 5.41) is 8.23. The van der Waals surface area contributed by atoms with Gasteiger partial charge in [-0.25, -0.2) is 0 Å². The monoisotopic (exact) mass is 393 g/mol. The van der Waals surface area contributed by atoms with Crippen LogP contribution in [-0.4, -0.2) is 15.6 Å². The van der Waals surface area contributed by atoms with E-state index in [0.29, 0.717) is 38.6 Å². The summed E-state index contributed by atoms with van der Waals surface area (Å²) in [7, 11) is 0. The van der Waals surface area contributed by atoms with Crippen molar-refractivity contribution in [3.8, 4) is 5.82 Å². The van der Waals surface area contributed by atoms with Crippen LogP contribution in [0.2, 0.25) is 5.02 Å². The van der Waals surface area contributed by atoms with Crippen LogP contribution in [0.3, 0.4) is 0 Å². The third-order valence-corrected chi connectivity index (χ3v) is 4.99. The van der Waals surface area contributed by atoms with Gasteiger partial charge in [0.25, 0.3) is 11.5 Å². The summed E-state index contributed by atoms with van der Waals surface area (Å²) < 4.78 is 6.46. The molecule has 0 saturated carbocycles. The molecule has 0 fully saturated rings. The molecule has 2 heterocycles. The Kier molecular flexibility index (Phi) is 4.49. The minimum Gasteiger partial charge on any atom is -0.360 e. The Morgan fingerprint density at radius 3 is 2.64 bits per heavy atom. The van der Waals surface area contributed by atoms with E-state index in [1.54, 1.807) is 55.6 Å². The van der Waals surface area contributed by atoms with E-state index in [-0.39, 0.29) is 11.5 Å². The highest BCUT2D eigenvalue weighted by molar-refractivity contribution is 6.35. The average Bonchev–Trinajstić information content (AvgIpc) is 3.11. The highest BCUT2D eigenvalue weighted by atomic mass is 35.5. The number of nitrogens with one attached hydrogen (secondary N) is 1. The van der Waals surface area contributed by atoms with Crippen LogP contribution in [0.15, 0.2) is 64.0 Å². The Morgan fingerprint density at radius 2 is 1.89 bits per heavy atom. The fourth-order valence-corrected chi connectivity index (χ4v) is 3.26.